The summed E-state index contributed by atoms with van der Waals surface area (Å²) in [5, 5.41) is 0.593. The van der Waals surface area contributed by atoms with E-state index in [0.717, 1.165) is 22.3 Å². The Morgan fingerprint density at radius 2 is 1.48 bits per heavy atom. The van der Waals surface area contributed by atoms with Gasteiger partial charge in [0.2, 0.25) is 0 Å². The summed E-state index contributed by atoms with van der Waals surface area (Å²) in [5.74, 6) is 0. The van der Waals surface area contributed by atoms with Gasteiger partial charge in [-0.15, -0.1) is 0 Å². The van der Waals surface area contributed by atoms with E-state index in [0.29, 0.717) is 15.4 Å². The van der Waals surface area contributed by atoms with Gasteiger partial charge in [0.05, 0.1) is 16.2 Å². The van der Waals surface area contributed by atoms with Gasteiger partial charge in [0.15, 0.2) is 10.4 Å². The molecule has 0 saturated carbocycles. The second kappa shape index (κ2) is 5.65. The van der Waals surface area contributed by atoms with Crippen molar-refractivity contribution in [3.63, 3.8) is 0 Å². The molecule has 0 aliphatic rings. The van der Waals surface area contributed by atoms with Gasteiger partial charge in [-0.2, -0.15) is 0 Å². The van der Waals surface area contributed by atoms with Gasteiger partial charge in [-0.1, -0.05) is 66.2 Å². The van der Waals surface area contributed by atoms with Crippen LogP contribution >= 0.6 is 23.8 Å². The Hall–Kier alpha value is -2.43. The Bertz CT molecular complexity index is 1030. The standard InChI is InChI=1S/C18H12ClN3S/c19-14-10-15-17(22-18(23)20-15)21-16(14)13-8-6-12(7-9-13)11-4-2-1-3-5-11/h1-10H,(H2,20,21,22,23). The Morgan fingerprint density at radius 3 is 2.22 bits per heavy atom. The molecule has 4 rings (SSSR count). The van der Waals surface area contributed by atoms with Crippen LogP contribution in [0.3, 0.4) is 0 Å². The van der Waals surface area contributed by atoms with E-state index in [-0.39, 0.29) is 0 Å². The fourth-order valence-corrected chi connectivity index (χ4v) is 3.06. The highest BCUT2D eigenvalue weighted by atomic mass is 35.5. The minimum absolute atomic E-state index is 0.542. The van der Waals surface area contributed by atoms with E-state index in [4.69, 9.17) is 23.8 Å². The molecule has 0 spiro atoms. The molecule has 0 atom stereocenters. The molecular formula is C18H12ClN3S. The largest absolute Gasteiger partial charge is 0.329 e. The number of pyridine rings is 1. The molecule has 23 heavy (non-hydrogen) atoms. The van der Waals surface area contributed by atoms with Crippen molar-refractivity contribution in [2.75, 3.05) is 0 Å². The monoisotopic (exact) mass is 337 g/mol. The van der Waals surface area contributed by atoms with Crippen LogP contribution in [0.5, 0.6) is 0 Å². The predicted octanol–water partition coefficient (Wildman–Crippen LogP) is 5.61. The molecule has 2 heterocycles. The van der Waals surface area contributed by atoms with Crippen molar-refractivity contribution in [1.29, 1.82) is 0 Å². The third kappa shape index (κ3) is 2.67. The maximum Gasteiger partial charge on any atom is 0.176 e. The highest BCUT2D eigenvalue weighted by Gasteiger charge is 2.09. The van der Waals surface area contributed by atoms with Crippen LogP contribution in [0.15, 0.2) is 60.7 Å². The van der Waals surface area contributed by atoms with Gasteiger partial charge < -0.3 is 9.97 Å². The van der Waals surface area contributed by atoms with Crippen molar-refractivity contribution < 1.29 is 0 Å². The van der Waals surface area contributed by atoms with Crippen molar-refractivity contribution in [2.24, 2.45) is 0 Å². The minimum Gasteiger partial charge on any atom is -0.329 e. The molecule has 4 aromatic rings. The molecule has 3 nitrogen and oxygen atoms in total. The molecule has 5 heteroatoms. The zero-order chi connectivity index (χ0) is 15.8. The van der Waals surface area contributed by atoms with E-state index in [1.54, 1.807) is 0 Å². The average molecular weight is 338 g/mol. The number of rotatable bonds is 2. The van der Waals surface area contributed by atoms with Gasteiger partial charge in [0.25, 0.3) is 0 Å². The number of aromatic amines is 2. The van der Waals surface area contributed by atoms with Crippen LogP contribution < -0.4 is 0 Å². The molecule has 0 aliphatic heterocycles. The summed E-state index contributed by atoms with van der Waals surface area (Å²) >= 11 is 11.5. The van der Waals surface area contributed by atoms with Crippen molar-refractivity contribution in [2.45, 2.75) is 0 Å². The summed E-state index contributed by atoms with van der Waals surface area (Å²) in [6.07, 6.45) is 0. The fraction of sp³-hybridized carbons (Fsp3) is 0. The zero-order valence-electron chi connectivity index (χ0n) is 12.0. The van der Waals surface area contributed by atoms with Crippen LogP contribution in [-0.2, 0) is 0 Å². The van der Waals surface area contributed by atoms with Gasteiger partial charge in [-0.05, 0) is 29.4 Å². The quantitative estimate of drug-likeness (QED) is 0.467. The summed E-state index contributed by atoms with van der Waals surface area (Å²) < 4.78 is 0.542. The van der Waals surface area contributed by atoms with Gasteiger partial charge in [0.1, 0.15) is 0 Å². The van der Waals surface area contributed by atoms with Crippen molar-refractivity contribution >= 4 is 35.0 Å². The second-order valence-corrected chi connectivity index (χ2v) is 6.05. The first kappa shape index (κ1) is 14.2. The Balaban J connectivity index is 1.79. The Morgan fingerprint density at radius 1 is 0.826 bits per heavy atom. The second-order valence-electron chi connectivity index (χ2n) is 5.24. The number of benzene rings is 2. The van der Waals surface area contributed by atoms with Crippen molar-refractivity contribution in [3.05, 3.63) is 70.5 Å². The van der Waals surface area contributed by atoms with Crippen molar-refractivity contribution in [1.82, 2.24) is 15.0 Å². The SMILES string of the molecule is S=c1[nH]c2cc(Cl)c(-c3ccc(-c4ccccc4)cc3)nc2[nH]1. The van der Waals surface area contributed by atoms with E-state index in [1.165, 1.54) is 5.56 Å². The lowest BCUT2D eigenvalue weighted by atomic mass is 10.0. The van der Waals surface area contributed by atoms with Crippen LogP contribution in [-0.4, -0.2) is 15.0 Å². The van der Waals surface area contributed by atoms with E-state index >= 15 is 0 Å². The summed E-state index contributed by atoms with van der Waals surface area (Å²) in [4.78, 5) is 10.6. The molecular weight excluding hydrogens is 326 g/mol. The molecule has 2 N–H and O–H groups in total. The maximum atomic E-state index is 6.37. The molecule has 0 saturated heterocycles. The molecule has 0 radical (unpaired) electrons. The van der Waals surface area contributed by atoms with Gasteiger partial charge in [-0.25, -0.2) is 4.98 Å². The number of hydrogen-bond acceptors (Lipinski definition) is 2. The van der Waals surface area contributed by atoms with Crippen molar-refractivity contribution in [3.8, 4) is 22.4 Å². The molecule has 0 amide bonds. The number of aromatic nitrogens is 3. The normalized spacial score (nSPS) is 11.0. The third-order valence-corrected chi connectivity index (χ3v) is 4.21. The fourth-order valence-electron chi connectivity index (χ4n) is 2.59. The molecule has 112 valence electrons. The van der Waals surface area contributed by atoms with Crippen LogP contribution in [0.4, 0.5) is 0 Å². The Labute approximate surface area is 143 Å². The lowest BCUT2D eigenvalue weighted by molar-refractivity contribution is 1.27. The number of fused-ring (bicyclic) bond motifs is 1. The van der Waals surface area contributed by atoms with E-state index in [1.807, 2.05) is 36.4 Å². The highest BCUT2D eigenvalue weighted by molar-refractivity contribution is 7.71. The molecule has 0 aliphatic carbocycles. The lowest BCUT2D eigenvalue weighted by Crippen LogP contribution is -1.87. The molecule has 0 fully saturated rings. The van der Waals surface area contributed by atoms with Gasteiger partial charge in [-0.3, -0.25) is 0 Å². The number of imidazole rings is 1. The van der Waals surface area contributed by atoms with Crippen LogP contribution in [0.2, 0.25) is 5.02 Å². The first-order valence-corrected chi connectivity index (χ1v) is 7.94. The first-order valence-electron chi connectivity index (χ1n) is 7.15. The van der Waals surface area contributed by atoms with Gasteiger partial charge >= 0.3 is 0 Å². The van der Waals surface area contributed by atoms with Gasteiger partial charge in [0, 0.05) is 5.56 Å². The van der Waals surface area contributed by atoms with E-state index in [9.17, 15) is 0 Å². The summed E-state index contributed by atoms with van der Waals surface area (Å²) in [5.41, 5.74) is 5.57. The predicted molar refractivity (Wildman–Crippen MR) is 97.2 cm³/mol. The molecule has 2 aromatic heterocycles. The smallest absolute Gasteiger partial charge is 0.176 e. The van der Waals surface area contributed by atoms with Crippen LogP contribution in [0, 0.1) is 4.77 Å². The number of H-pyrrole nitrogens is 2. The molecule has 0 unspecified atom stereocenters. The zero-order valence-corrected chi connectivity index (χ0v) is 13.6. The number of nitrogens with one attached hydrogen (secondary N) is 2. The van der Waals surface area contributed by atoms with E-state index < -0.39 is 0 Å². The summed E-state index contributed by atoms with van der Waals surface area (Å²) in [7, 11) is 0. The van der Waals surface area contributed by atoms with Crippen LogP contribution in [0.1, 0.15) is 0 Å². The maximum absolute atomic E-state index is 6.37. The summed E-state index contributed by atoms with van der Waals surface area (Å²) in [6.45, 7) is 0. The highest BCUT2D eigenvalue weighted by Crippen LogP contribution is 2.30. The Kier molecular flexibility index (Phi) is 3.48. The summed E-state index contributed by atoms with van der Waals surface area (Å²) in [6, 6.07) is 20.3. The third-order valence-electron chi connectivity index (χ3n) is 3.72. The molecule has 0 bridgehead atoms. The minimum atomic E-state index is 0.542. The lowest BCUT2D eigenvalue weighted by Gasteiger charge is -2.06. The number of hydrogen-bond donors (Lipinski definition) is 2. The first-order chi connectivity index (χ1) is 11.2. The van der Waals surface area contributed by atoms with Crippen LogP contribution in [0.25, 0.3) is 33.5 Å². The number of nitrogens with zero attached hydrogens (tertiary/aromatic N) is 1. The van der Waals surface area contributed by atoms with E-state index in [2.05, 4.69) is 39.2 Å². The topological polar surface area (TPSA) is 44.5 Å². The number of halogens is 1. The average Bonchev–Trinajstić information content (AvgIpc) is 2.94. The molecule has 2 aromatic carbocycles.